The Bertz CT molecular complexity index is 651. The van der Waals surface area contributed by atoms with Gasteiger partial charge in [0.05, 0.1) is 12.8 Å². The van der Waals surface area contributed by atoms with Gasteiger partial charge in [-0.3, -0.25) is 0 Å². The highest BCUT2D eigenvalue weighted by Crippen LogP contribution is 2.27. The minimum atomic E-state index is -0.270. The Labute approximate surface area is 133 Å². The Balaban J connectivity index is 1.99. The summed E-state index contributed by atoms with van der Waals surface area (Å²) in [7, 11) is 1.56. The summed E-state index contributed by atoms with van der Waals surface area (Å²) in [5, 5.41) is 6.85. The summed E-state index contributed by atoms with van der Waals surface area (Å²) in [6, 6.07) is 11.7. The molecule has 0 aliphatic rings. The highest BCUT2D eigenvalue weighted by atomic mass is 35.5. The summed E-state index contributed by atoms with van der Waals surface area (Å²) in [6.45, 7) is 0.293. The van der Waals surface area contributed by atoms with Crippen LogP contribution < -0.4 is 15.4 Å². The van der Waals surface area contributed by atoms with Crippen LogP contribution in [0.15, 0.2) is 42.5 Å². The van der Waals surface area contributed by atoms with Crippen molar-refractivity contribution in [2.24, 2.45) is 0 Å². The lowest BCUT2D eigenvalue weighted by molar-refractivity contribution is 0.417. The molecule has 21 heavy (non-hydrogen) atoms. The maximum Gasteiger partial charge on any atom is 0.171 e. The van der Waals surface area contributed by atoms with Crippen LogP contribution in [0.2, 0.25) is 5.02 Å². The molecule has 0 radical (unpaired) electrons. The lowest BCUT2D eigenvalue weighted by Gasteiger charge is -2.14. The Morgan fingerprint density at radius 3 is 2.76 bits per heavy atom. The van der Waals surface area contributed by atoms with E-state index in [9.17, 15) is 4.39 Å². The van der Waals surface area contributed by atoms with Crippen LogP contribution in [0.5, 0.6) is 5.75 Å². The van der Waals surface area contributed by atoms with E-state index >= 15 is 0 Å². The van der Waals surface area contributed by atoms with Crippen molar-refractivity contribution in [2.75, 3.05) is 12.4 Å². The molecular weight excluding hydrogens is 311 g/mol. The molecule has 0 spiro atoms. The number of rotatable bonds is 4. The summed E-state index contributed by atoms with van der Waals surface area (Å²) < 4.78 is 18.7. The third-order valence-corrected chi connectivity index (χ3v) is 3.29. The average Bonchev–Trinajstić information content (AvgIpc) is 2.47. The maximum absolute atomic E-state index is 13.5. The highest BCUT2D eigenvalue weighted by molar-refractivity contribution is 7.80. The predicted molar refractivity (Wildman–Crippen MR) is 87.5 cm³/mol. The molecule has 2 aromatic rings. The number of thiocarbonyl (C=S) groups is 1. The zero-order chi connectivity index (χ0) is 15.2. The molecule has 0 heterocycles. The molecule has 2 rings (SSSR count). The van der Waals surface area contributed by atoms with Crippen LogP contribution in [-0.2, 0) is 6.54 Å². The summed E-state index contributed by atoms with van der Waals surface area (Å²) in [4.78, 5) is 0. The topological polar surface area (TPSA) is 33.3 Å². The monoisotopic (exact) mass is 324 g/mol. The molecule has 0 bridgehead atoms. The second-order valence-electron chi connectivity index (χ2n) is 4.24. The van der Waals surface area contributed by atoms with Crippen LogP contribution in [0.25, 0.3) is 0 Å². The number of benzene rings is 2. The molecule has 0 aromatic heterocycles. The van der Waals surface area contributed by atoms with E-state index in [2.05, 4.69) is 10.6 Å². The van der Waals surface area contributed by atoms with E-state index < -0.39 is 0 Å². The van der Waals surface area contributed by atoms with Crippen molar-refractivity contribution < 1.29 is 9.13 Å². The van der Waals surface area contributed by atoms with Gasteiger partial charge in [-0.05, 0) is 36.5 Å². The first-order valence-electron chi connectivity index (χ1n) is 6.22. The average molecular weight is 325 g/mol. The van der Waals surface area contributed by atoms with E-state index in [1.54, 1.807) is 43.5 Å². The van der Waals surface area contributed by atoms with Gasteiger partial charge in [-0.25, -0.2) is 4.39 Å². The molecule has 0 fully saturated rings. The maximum atomic E-state index is 13.5. The molecule has 0 atom stereocenters. The van der Waals surface area contributed by atoms with Gasteiger partial charge < -0.3 is 15.4 Å². The molecule has 3 nitrogen and oxygen atoms in total. The molecule has 0 aliphatic carbocycles. The van der Waals surface area contributed by atoms with Gasteiger partial charge in [-0.1, -0.05) is 29.8 Å². The molecule has 0 amide bonds. The second-order valence-corrected chi connectivity index (χ2v) is 5.09. The van der Waals surface area contributed by atoms with Gasteiger partial charge in [-0.2, -0.15) is 0 Å². The first-order chi connectivity index (χ1) is 10.1. The molecule has 0 unspecified atom stereocenters. The van der Waals surface area contributed by atoms with Crippen molar-refractivity contribution >= 4 is 34.6 Å². The van der Waals surface area contributed by atoms with Gasteiger partial charge in [0, 0.05) is 17.1 Å². The Morgan fingerprint density at radius 1 is 1.29 bits per heavy atom. The van der Waals surface area contributed by atoms with Crippen LogP contribution >= 0.6 is 23.8 Å². The largest absolute Gasteiger partial charge is 0.495 e. The Hall–Kier alpha value is -1.85. The van der Waals surface area contributed by atoms with Crippen molar-refractivity contribution in [3.63, 3.8) is 0 Å². The molecule has 0 saturated carbocycles. The molecule has 0 saturated heterocycles. The fourth-order valence-electron chi connectivity index (χ4n) is 1.76. The van der Waals surface area contributed by atoms with Crippen molar-refractivity contribution in [3.05, 3.63) is 58.9 Å². The number of nitrogens with one attached hydrogen (secondary N) is 2. The van der Waals surface area contributed by atoms with E-state index in [0.717, 1.165) is 0 Å². The normalized spacial score (nSPS) is 10.0. The van der Waals surface area contributed by atoms with Crippen LogP contribution in [0.3, 0.4) is 0 Å². The van der Waals surface area contributed by atoms with Crippen LogP contribution in [0.4, 0.5) is 10.1 Å². The fourth-order valence-corrected chi connectivity index (χ4v) is 2.12. The summed E-state index contributed by atoms with van der Waals surface area (Å²) >= 11 is 11.1. The van der Waals surface area contributed by atoms with Gasteiger partial charge in [0.25, 0.3) is 0 Å². The fraction of sp³-hybridized carbons (Fsp3) is 0.133. The second kappa shape index (κ2) is 7.24. The smallest absolute Gasteiger partial charge is 0.171 e. The third kappa shape index (κ3) is 4.31. The first-order valence-corrected chi connectivity index (χ1v) is 7.00. The standard InChI is InChI=1S/C15H14ClFN2OS/c1-20-14-7-6-11(16)8-13(14)19-15(21)18-9-10-4-2-3-5-12(10)17/h2-8H,9H2,1H3,(H2,18,19,21). The molecule has 110 valence electrons. The van der Waals surface area contributed by atoms with Crippen LogP contribution in [0.1, 0.15) is 5.56 Å². The van der Waals surface area contributed by atoms with Gasteiger partial charge in [0.15, 0.2) is 5.11 Å². The highest BCUT2D eigenvalue weighted by Gasteiger charge is 2.06. The van der Waals surface area contributed by atoms with E-state index in [4.69, 9.17) is 28.6 Å². The van der Waals surface area contributed by atoms with Crippen LogP contribution in [-0.4, -0.2) is 12.2 Å². The van der Waals surface area contributed by atoms with E-state index in [1.165, 1.54) is 6.07 Å². The quantitative estimate of drug-likeness (QED) is 0.834. The summed E-state index contributed by atoms with van der Waals surface area (Å²) in [5.74, 6) is 0.350. The number of ether oxygens (including phenoxy) is 1. The van der Waals surface area contributed by atoms with Crippen molar-refractivity contribution in [1.29, 1.82) is 0 Å². The predicted octanol–water partition coefficient (Wildman–Crippen LogP) is 3.97. The van der Waals surface area contributed by atoms with Gasteiger partial charge in [0.2, 0.25) is 0 Å². The van der Waals surface area contributed by atoms with Gasteiger partial charge >= 0.3 is 0 Å². The SMILES string of the molecule is COc1ccc(Cl)cc1NC(=S)NCc1ccccc1F. The first kappa shape index (κ1) is 15.5. The van der Waals surface area contributed by atoms with E-state index in [1.807, 2.05) is 0 Å². The van der Waals surface area contributed by atoms with Crippen molar-refractivity contribution in [2.45, 2.75) is 6.54 Å². The number of hydrogen-bond donors (Lipinski definition) is 2. The third-order valence-electron chi connectivity index (χ3n) is 2.81. The number of hydrogen-bond acceptors (Lipinski definition) is 2. The Kier molecular flexibility index (Phi) is 5.36. The Morgan fingerprint density at radius 2 is 2.05 bits per heavy atom. The molecule has 2 N–H and O–H groups in total. The molecule has 6 heteroatoms. The summed E-state index contributed by atoms with van der Waals surface area (Å²) in [6.07, 6.45) is 0. The molecule has 0 aliphatic heterocycles. The molecule has 2 aromatic carbocycles. The number of anilines is 1. The zero-order valence-corrected chi connectivity index (χ0v) is 12.9. The van der Waals surface area contributed by atoms with Crippen LogP contribution in [0, 0.1) is 5.82 Å². The lowest BCUT2D eigenvalue weighted by atomic mass is 10.2. The minimum absolute atomic E-state index is 0.270. The minimum Gasteiger partial charge on any atom is -0.495 e. The zero-order valence-electron chi connectivity index (χ0n) is 11.3. The number of halogens is 2. The van der Waals surface area contributed by atoms with E-state index in [0.29, 0.717) is 33.7 Å². The lowest BCUT2D eigenvalue weighted by Crippen LogP contribution is -2.28. The van der Waals surface area contributed by atoms with Crippen molar-refractivity contribution in [3.8, 4) is 5.75 Å². The number of methoxy groups -OCH3 is 1. The van der Waals surface area contributed by atoms with Gasteiger partial charge in [0.1, 0.15) is 11.6 Å². The van der Waals surface area contributed by atoms with E-state index in [-0.39, 0.29) is 5.82 Å². The molecular formula is C15H14ClFN2OS. The van der Waals surface area contributed by atoms with Gasteiger partial charge in [-0.15, -0.1) is 0 Å². The van der Waals surface area contributed by atoms with Crippen molar-refractivity contribution in [1.82, 2.24) is 5.32 Å². The summed E-state index contributed by atoms with van der Waals surface area (Å²) in [5.41, 5.74) is 1.19.